The lowest BCUT2D eigenvalue weighted by atomic mass is 9.94. The van der Waals surface area contributed by atoms with Crippen molar-refractivity contribution in [2.24, 2.45) is 0 Å². The van der Waals surface area contributed by atoms with Crippen molar-refractivity contribution < 1.29 is 4.42 Å². The molecule has 3 nitrogen and oxygen atoms in total. The van der Waals surface area contributed by atoms with E-state index in [9.17, 15) is 0 Å². The maximum absolute atomic E-state index is 6.52. The summed E-state index contributed by atoms with van der Waals surface area (Å²) in [5.74, 6) is 0. The van der Waals surface area contributed by atoms with Gasteiger partial charge in [0.25, 0.3) is 0 Å². The molecule has 0 saturated carbocycles. The summed E-state index contributed by atoms with van der Waals surface area (Å²) in [6.07, 6.45) is 0. The Morgan fingerprint density at radius 3 is 1.81 bits per heavy atom. The van der Waals surface area contributed by atoms with E-state index in [4.69, 9.17) is 4.42 Å². The maximum atomic E-state index is 6.52. The Hall–Kier alpha value is -7.88. The SMILES string of the molecule is c1ccc(-c2cccc(-c3cc(N(c4ccc5oc6ccc7ccccc7c6c5c4)c4ccc5c(c4)c4ccccc4n5-c4ccccc4)cc4ccccc34)c2)cc1. The molecule has 0 amide bonds. The van der Waals surface area contributed by atoms with Gasteiger partial charge in [0.15, 0.2) is 0 Å². The zero-order valence-electron chi connectivity index (χ0n) is 32.1. The third kappa shape index (κ3) is 5.44. The highest BCUT2D eigenvalue weighted by atomic mass is 16.3. The Balaban J connectivity index is 1.13. The van der Waals surface area contributed by atoms with E-state index in [0.29, 0.717) is 0 Å². The fourth-order valence-corrected chi connectivity index (χ4v) is 9.24. The van der Waals surface area contributed by atoms with E-state index in [-0.39, 0.29) is 0 Å². The first kappa shape index (κ1) is 33.3. The number of hydrogen-bond donors (Lipinski definition) is 0. The smallest absolute Gasteiger partial charge is 0.136 e. The number of anilines is 3. The van der Waals surface area contributed by atoms with E-state index in [0.717, 1.165) is 44.7 Å². The van der Waals surface area contributed by atoms with Crippen molar-refractivity contribution in [1.82, 2.24) is 4.57 Å². The van der Waals surface area contributed by atoms with Gasteiger partial charge in [0.2, 0.25) is 0 Å². The van der Waals surface area contributed by atoms with Crippen LogP contribution in [0, 0.1) is 0 Å². The monoisotopic (exact) mass is 752 g/mol. The zero-order chi connectivity index (χ0) is 38.9. The molecule has 0 aliphatic carbocycles. The number of para-hydroxylation sites is 2. The molecule has 276 valence electrons. The Bertz CT molecular complexity index is 3560. The molecule has 0 aliphatic rings. The highest BCUT2D eigenvalue weighted by Gasteiger charge is 2.21. The maximum Gasteiger partial charge on any atom is 0.136 e. The first-order valence-corrected chi connectivity index (χ1v) is 20.2. The first-order valence-electron chi connectivity index (χ1n) is 20.2. The number of furan rings is 1. The van der Waals surface area contributed by atoms with Gasteiger partial charge in [0.1, 0.15) is 11.2 Å². The van der Waals surface area contributed by atoms with Gasteiger partial charge in [-0.25, -0.2) is 0 Å². The summed E-state index contributed by atoms with van der Waals surface area (Å²) in [6, 6.07) is 78.9. The summed E-state index contributed by atoms with van der Waals surface area (Å²) in [5.41, 5.74) is 13.2. The topological polar surface area (TPSA) is 21.3 Å². The van der Waals surface area contributed by atoms with E-state index in [1.54, 1.807) is 0 Å². The Kier molecular flexibility index (Phi) is 7.54. The van der Waals surface area contributed by atoms with Gasteiger partial charge in [-0.05, 0) is 123 Å². The molecular formula is C56H36N2O. The largest absolute Gasteiger partial charge is 0.456 e. The standard InChI is InChI=1S/C56H36N2O/c1-3-14-37(15-4-1)39-18-13-19-40(32-39)49-36-45(33-41-17-8-9-22-46(41)49)57(44-28-31-54-51(35-44)56-47-23-10-7-16-38(47)26-30-55(56)59-54)43-27-29-53-50(34-43)48-24-11-12-25-52(48)58(53)42-20-5-2-6-21-42/h1-36H. The minimum atomic E-state index is 0.873. The van der Waals surface area contributed by atoms with E-state index >= 15 is 0 Å². The highest BCUT2D eigenvalue weighted by Crippen LogP contribution is 2.45. The average molecular weight is 753 g/mol. The fraction of sp³-hybridized carbons (Fsp3) is 0. The van der Waals surface area contributed by atoms with Crippen LogP contribution in [0.1, 0.15) is 0 Å². The van der Waals surface area contributed by atoms with Crippen LogP contribution in [-0.2, 0) is 0 Å². The van der Waals surface area contributed by atoms with Crippen LogP contribution >= 0.6 is 0 Å². The summed E-state index contributed by atoms with van der Waals surface area (Å²) in [6.45, 7) is 0. The Morgan fingerprint density at radius 2 is 0.966 bits per heavy atom. The van der Waals surface area contributed by atoms with Gasteiger partial charge in [-0.15, -0.1) is 0 Å². The van der Waals surface area contributed by atoms with Crippen molar-refractivity contribution in [2.45, 2.75) is 0 Å². The predicted molar refractivity (Wildman–Crippen MR) is 249 cm³/mol. The fourth-order valence-electron chi connectivity index (χ4n) is 9.24. The minimum absolute atomic E-state index is 0.873. The van der Waals surface area contributed by atoms with Crippen LogP contribution in [0.15, 0.2) is 223 Å². The van der Waals surface area contributed by atoms with Gasteiger partial charge in [-0.1, -0.05) is 140 Å². The van der Waals surface area contributed by atoms with Gasteiger partial charge in [0, 0.05) is 44.3 Å². The van der Waals surface area contributed by atoms with Gasteiger partial charge in [0.05, 0.1) is 11.0 Å². The second-order valence-electron chi connectivity index (χ2n) is 15.3. The normalized spacial score (nSPS) is 11.7. The van der Waals surface area contributed by atoms with Crippen molar-refractivity contribution >= 4 is 82.4 Å². The lowest BCUT2D eigenvalue weighted by molar-refractivity contribution is 0.669. The summed E-state index contributed by atoms with van der Waals surface area (Å²) in [7, 11) is 0. The molecule has 59 heavy (non-hydrogen) atoms. The minimum Gasteiger partial charge on any atom is -0.456 e. The molecule has 10 aromatic carbocycles. The van der Waals surface area contributed by atoms with E-state index in [1.807, 2.05) is 0 Å². The second kappa shape index (κ2) is 13.4. The zero-order valence-corrected chi connectivity index (χ0v) is 32.1. The quantitative estimate of drug-likeness (QED) is 0.169. The third-order valence-corrected chi connectivity index (χ3v) is 11.9. The van der Waals surface area contributed by atoms with E-state index in [2.05, 4.69) is 228 Å². The number of rotatable bonds is 6. The van der Waals surface area contributed by atoms with Gasteiger partial charge in [-0.3, -0.25) is 0 Å². The van der Waals surface area contributed by atoms with Crippen molar-refractivity contribution in [3.63, 3.8) is 0 Å². The van der Waals surface area contributed by atoms with E-state index < -0.39 is 0 Å². The van der Waals surface area contributed by atoms with Crippen LogP contribution in [0.25, 0.3) is 93.2 Å². The molecule has 12 aromatic rings. The number of aromatic nitrogens is 1. The molecule has 0 N–H and O–H groups in total. The first-order chi connectivity index (χ1) is 29.2. The van der Waals surface area contributed by atoms with Crippen LogP contribution < -0.4 is 4.90 Å². The predicted octanol–water partition coefficient (Wildman–Crippen LogP) is 15.8. The lowest BCUT2D eigenvalue weighted by Gasteiger charge is -2.27. The molecule has 0 spiro atoms. The lowest BCUT2D eigenvalue weighted by Crippen LogP contribution is -2.10. The van der Waals surface area contributed by atoms with Crippen molar-refractivity contribution in [1.29, 1.82) is 0 Å². The van der Waals surface area contributed by atoms with Crippen LogP contribution in [0.5, 0.6) is 0 Å². The second-order valence-corrected chi connectivity index (χ2v) is 15.3. The Labute approximate surface area is 341 Å². The molecule has 0 aliphatic heterocycles. The number of nitrogens with zero attached hydrogens (tertiary/aromatic N) is 2. The molecule has 2 aromatic heterocycles. The molecule has 2 heterocycles. The summed E-state index contributed by atoms with van der Waals surface area (Å²) in [5, 5.41) is 9.42. The van der Waals surface area contributed by atoms with E-state index in [1.165, 1.54) is 65.6 Å². The van der Waals surface area contributed by atoms with Gasteiger partial charge >= 0.3 is 0 Å². The average Bonchev–Trinajstić information content (AvgIpc) is 3.85. The summed E-state index contributed by atoms with van der Waals surface area (Å²) < 4.78 is 8.89. The van der Waals surface area contributed by atoms with Crippen molar-refractivity contribution in [3.05, 3.63) is 218 Å². The molecule has 0 radical (unpaired) electrons. The summed E-state index contributed by atoms with van der Waals surface area (Å²) >= 11 is 0. The third-order valence-electron chi connectivity index (χ3n) is 11.9. The Morgan fingerprint density at radius 1 is 0.339 bits per heavy atom. The molecule has 0 unspecified atom stereocenters. The van der Waals surface area contributed by atoms with Gasteiger partial charge in [-0.2, -0.15) is 0 Å². The van der Waals surface area contributed by atoms with Crippen LogP contribution in [-0.4, -0.2) is 4.57 Å². The molecule has 0 bridgehead atoms. The van der Waals surface area contributed by atoms with Crippen LogP contribution in [0.2, 0.25) is 0 Å². The van der Waals surface area contributed by atoms with Crippen LogP contribution in [0.4, 0.5) is 17.1 Å². The van der Waals surface area contributed by atoms with Gasteiger partial charge < -0.3 is 13.9 Å². The van der Waals surface area contributed by atoms with Crippen molar-refractivity contribution in [2.75, 3.05) is 4.90 Å². The molecular weight excluding hydrogens is 717 g/mol. The number of hydrogen-bond acceptors (Lipinski definition) is 2. The summed E-state index contributed by atoms with van der Waals surface area (Å²) in [4.78, 5) is 2.43. The number of fused-ring (bicyclic) bond motifs is 9. The molecule has 0 saturated heterocycles. The number of benzene rings is 10. The highest BCUT2D eigenvalue weighted by molar-refractivity contribution is 6.19. The molecule has 12 rings (SSSR count). The van der Waals surface area contributed by atoms with Crippen LogP contribution in [0.3, 0.4) is 0 Å². The molecule has 0 fully saturated rings. The molecule has 0 atom stereocenters. The van der Waals surface area contributed by atoms with Crippen molar-refractivity contribution in [3.8, 4) is 27.9 Å². The molecule has 3 heteroatoms.